The van der Waals surface area contributed by atoms with Crippen LogP contribution in [0.1, 0.15) is 19.4 Å². The number of aromatic nitrogens is 1. The minimum Gasteiger partial charge on any atom is -0.480 e. The highest BCUT2D eigenvalue weighted by molar-refractivity contribution is 5.87. The number of carbonyl (C=O) groups is 1. The van der Waals surface area contributed by atoms with Crippen LogP contribution in [0.25, 0.3) is 10.9 Å². The van der Waals surface area contributed by atoms with Crippen LogP contribution in [0.4, 0.5) is 5.82 Å². The van der Waals surface area contributed by atoms with Gasteiger partial charge in [-0.1, -0.05) is 18.2 Å². The van der Waals surface area contributed by atoms with Crippen LogP contribution in [0, 0.1) is 11.3 Å². The predicted molar refractivity (Wildman–Crippen MR) is 76.6 cm³/mol. The molecular weight excluding hydrogens is 254 g/mol. The molecule has 2 aromatic rings. The molecule has 0 aliphatic heterocycles. The fourth-order valence-electron chi connectivity index (χ4n) is 2.07. The maximum Gasteiger partial charge on any atom is 0.323 e. The lowest BCUT2D eigenvalue weighted by Crippen LogP contribution is -2.36. The second kappa shape index (κ2) is 5.57. The molecule has 0 amide bonds. The lowest BCUT2D eigenvalue weighted by atomic mass is 10.1. The summed E-state index contributed by atoms with van der Waals surface area (Å²) in [6.45, 7) is 3.64. The van der Waals surface area contributed by atoms with Crippen molar-refractivity contribution in [1.82, 2.24) is 4.98 Å². The van der Waals surface area contributed by atoms with Crippen LogP contribution >= 0.6 is 0 Å². The van der Waals surface area contributed by atoms with Crippen LogP contribution in [-0.2, 0) is 4.79 Å². The Bertz CT molecular complexity index is 689. The Morgan fingerprint density at radius 1 is 1.45 bits per heavy atom. The average molecular weight is 269 g/mol. The van der Waals surface area contributed by atoms with E-state index < -0.39 is 5.97 Å². The van der Waals surface area contributed by atoms with Gasteiger partial charge in [-0.3, -0.25) is 4.79 Å². The van der Waals surface area contributed by atoms with E-state index in [9.17, 15) is 10.1 Å². The molecule has 20 heavy (non-hydrogen) atoms. The van der Waals surface area contributed by atoms with E-state index in [1.807, 2.05) is 38.1 Å². The molecule has 5 heteroatoms. The van der Waals surface area contributed by atoms with E-state index in [-0.39, 0.29) is 12.6 Å². The van der Waals surface area contributed by atoms with Crippen molar-refractivity contribution in [3.63, 3.8) is 0 Å². The predicted octanol–water partition coefficient (Wildman–Crippen LogP) is 2.41. The molecule has 0 atom stereocenters. The summed E-state index contributed by atoms with van der Waals surface area (Å²) in [7, 11) is 0. The molecule has 1 heterocycles. The van der Waals surface area contributed by atoms with E-state index in [2.05, 4.69) is 11.1 Å². The molecule has 5 nitrogen and oxygen atoms in total. The molecule has 0 fully saturated rings. The number of nitrogens with zero attached hydrogens (tertiary/aromatic N) is 3. The molecule has 0 bridgehead atoms. The van der Waals surface area contributed by atoms with Gasteiger partial charge in [0, 0.05) is 11.4 Å². The van der Waals surface area contributed by atoms with Crippen molar-refractivity contribution in [1.29, 1.82) is 5.26 Å². The number of rotatable bonds is 4. The topological polar surface area (TPSA) is 77.2 Å². The third-order valence-electron chi connectivity index (χ3n) is 3.05. The minimum absolute atomic E-state index is 0.0219. The van der Waals surface area contributed by atoms with E-state index in [1.165, 1.54) is 0 Å². The molecule has 0 saturated carbocycles. The van der Waals surface area contributed by atoms with Gasteiger partial charge in [0.15, 0.2) is 0 Å². The van der Waals surface area contributed by atoms with Crippen LogP contribution in [0.3, 0.4) is 0 Å². The van der Waals surface area contributed by atoms with Crippen molar-refractivity contribution in [2.24, 2.45) is 0 Å². The second-order valence-corrected chi connectivity index (χ2v) is 4.77. The largest absolute Gasteiger partial charge is 0.480 e. The molecule has 0 aliphatic carbocycles. The summed E-state index contributed by atoms with van der Waals surface area (Å²) in [4.78, 5) is 17.1. The lowest BCUT2D eigenvalue weighted by Gasteiger charge is -2.26. The number of carboxylic acid groups (broad SMARTS) is 1. The van der Waals surface area contributed by atoms with Gasteiger partial charge < -0.3 is 10.0 Å². The summed E-state index contributed by atoms with van der Waals surface area (Å²) in [6.07, 6.45) is 0. The monoisotopic (exact) mass is 269 g/mol. The minimum atomic E-state index is -0.924. The summed E-state index contributed by atoms with van der Waals surface area (Å²) >= 11 is 0. The number of fused-ring (bicyclic) bond motifs is 1. The molecule has 2 rings (SSSR count). The van der Waals surface area contributed by atoms with Gasteiger partial charge in [-0.05, 0) is 26.0 Å². The Morgan fingerprint density at radius 3 is 2.75 bits per heavy atom. The summed E-state index contributed by atoms with van der Waals surface area (Å²) in [5.41, 5.74) is 1.19. The Morgan fingerprint density at radius 2 is 2.15 bits per heavy atom. The van der Waals surface area contributed by atoms with Gasteiger partial charge in [0.2, 0.25) is 0 Å². The van der Waals surface area contributed by atoms with E-state index in [0.29, 0.717) is 16.9 Å². The van der Waals surface area contributed by atoms with Crippen molar-refractivity contribution in [2.45, 2.75) is 19.9 Å². The number of hydrogen-bond donors (Lipinski definition) is 1. The molecule has 102 valence electrons. The molecule has 0 unspecified atom stereocenters. The highest BCUT2D eigenvalue weighted by atomic mass is 16.4. The first-order chi connectivity index (χ1) is 9.52. The SMILES string of the molecule is CC(C)N(CC(=O)O)c1cc(C#N)c2ccccc2n1. The fraction of sp³-hybridized carbons (Fsp3) is 0.267. The first kappa shape index (κ1) is 13.8. The fourth-order valence-corrected chi connectivity index (χ4v) is 2.07. The molecule has 0 aliphatic rings. The van der Waals surface area contributed by atoms with Gasteiger partial charge in [0.05, 0.1) is 17.1 Å². The molecule has 0 spiro atoms. The number of nitriles is 1. The highest BCUT2D eigenvalue weighted by Crippen LogP contribution is 2.23. The lowest BCUT2D eigenvalue weighted by molar-refractivity contribution is -0.135. The summed E-state index contributed by atoms with van der Waals surface area (Å²) < 4.78 is 0. The maximum absolute atomic E-state index is 11.0. The van der Waals surface area contributed by atoms with Crippen LogP contribution in [0.15, 0.2) is 30.3 Å². The zero-order chi connectivity index (χ0) is 14.7. The highest BCUT2D eigenvalue weighted by Gasteiger charge is 2.17. The van der Waals surface area contributed by atoms with Crippen molar-refractivity contribution < 1.29 is 9.90 Å². The van der Waals surface area contributed by atoms with E-state index >= 15 is 0 Å². The van der Waals surface area contributed by atoms with Crippen LogP contribution < -0.4 is 4.90 Å². The Labute approximate surface area is 117 Å². The first-order valence-corrected chi connectivity index (χ1v) is 6.31. The van der Waals surface area contributed by atoms with E-state index in [0.717, 1.165) is 5.39 Å². The quantitative estimate of drug-likeness (QED) is 0.922. The standard InChI is InChI=1S/C15H15N3O2/c1-10(2)18(9-15(19)20)14-7-11(8-16)12-5-3-4-6-13(12)17-14/h3-7,10H,9H2,1-2H3,(H,19,20). The van der Waals surface area contributed by atoms with Crippen molar-refractivity contribution in [2.75, 3.05) is 11.4 Å². The number of benzene rings is 1. The Hall–Kier alpha value is -2.61. The molecule has 0 radical (unpaired) electrons. The van der Waals surface area contributed by atoms with Gasteiger partial charge in [0.1, 0.15) is 12.4 Å². The zero-order valence-corrected chi connectivity index (χ0v) is 11.4. The average Bonchev–Trinajstić information content (AvgIpc) is 2.43. The van der Waals surface area contributed by atoms with Crippen molar-refractivity contribution in [3.05, 3.63) is 35.9 Å². The molecular formula is C15H15N3O2. The summed E-state index contributed by atoms with van der Waals surface area (Å²) in [5, 5.41) is 19.0. The Kier molecular flexibility index (Phi) is 3.85. The molecule has 1 N–H and O–H groups in total. The first-order valence-electron chi connectivity index (χ1n) is 6.31. The number of hydrogen-bond acceptors (Lipinski definition) is 4. The van der Waals surface area contributed by atoms with Gasteiger partial charge in [-0.25, -0.2) is 4.98 Å². The van der Waals surface area contributed by atoms with E-state index in [1.54, 1.807) is 11.0 Å². The second-order valence-electron chi connectivity index (χ2n) is 4.77. The number of para-hydroxylation sites is 1. The number of aliphatic carboxylic acids is 1. The number of anilines is 1. The number of carboxylic acids is 1. The van der Waals surface area contributed by atoms with Crippen molar-refractivity contribution in [3.8, 4) is 6.07 Å². The molecule has 0 saturated heterocycles. The van der Waals surface area contributed by atoms with Crippen LogP contribution in [-0.4, -0.2) is 28.6 Å². The van der Waals surface area contributed by atoms with Crippen molar-refractivity contribution >= 4 is 22.7 Å². The van der Waals surface area contributed by atoms with Crippen LogP contribution in [0.5, 0.6) is 0 Å². The summed E-state index contributed by atoms with van der Waals surface area (Å²) in [6, 6.07) is 11.1. The maximum atomic E-state index is 11.0. The van der Waals surface area contributed by atoms with Crippen LogP contribution in [0.2, 0.25) is 0 Å². The van der Waals surface area contributed by atoms with Gasteiger partial charge in [-0.2, -0.15) is 5.26 Å². The Balaban J connectivity index is 2.59. The summed E-state index contributed by atoms with van der Waals surface area (Å²) in [5.74, 6) is -0.412. The van der Waals surface area contributed by atoms with Gasteiger partial charge in [0.25, 0.3) is 0 Å². The normalized spacial score (nSPS) is 10.5. The van der Waals surface area contributed by atoms with Gasteiger partial charge in [-0.15, -0.1) is 0 Å². The van der Waals surface area contributed by atoms with E-state index in [4.69, 9.17) is 5.11 Å². The number of pyridine rings is 1. The zero-order valence-electron chi connectivity index (χ0n) is 11.4. The van der Waals surface area contributed by atoms with Gasteiger partial charge >= 0.3 is 5.97 Å². The molecule has 1 aromatic heterocycles. The smallest absolute Gasteiger partial charge is 0.323 e. The third kappa shape index (κ3) is 2.69. The molecule has 1 aromatic carbocycles. The third-order valence-corrected chi connectivity index (χ3v) is 3.05.